The zero-order chi connectivity index (χ0) is 20.9. The van der Waals surface area contributed by atoms with Crippen LogP contribution in [0.5, 0.6) is 0 Å². The molecular formula is C25H31Cl3N4O. The summed E-state index contributed by atoms with van der Waals surface area (Å²) in [4.78, 5) is 23.7. The van der Waals surface area contributed by atoms with Gasteiger partial charge in [-0.3, -0.25) is 14.8 Å². The summed E-state index contributed by atoms with van der Waals surface area (Å²) in [6.45, 7) is 4.14. The number of nitrogens with two attached hydrogens (primary N) is 1. The second-order valence-corrected chi connectivity index (χ2v) is 8.04. The Hall–Kier alpha value is -2.18. The Labute approximate surface area is 214 Å². The molecule has 33 heavy (non-hydrogen) atoms. The minimum Gasteiger partial charge on any atom is -0.339 e. The maximum Gasteiger partial charge on any atom is 0.255 e. The number of carbonyl (C=O) groups excluding carboxylic acids is 1. The third-order valence-electron chi connectivity index (χ3n) is 6.11. The van der Waals surface area contributed by atoms with Crippen LogP contribution in [-0.2, 0) is 6.54 Å². The van der Waals surface area contributed by atoms with Gasteiger partial charge in [-0.15, -0.1) is 37.2 Å². The third kappa shape index (κ3) is 6.90. The summed E-state index contributed by atoms with van der Waals surface area (Å²) in [5, 5.41) is 0. The standard InChI is InChI=1S/C25H28N4O.3ClH/c1-18(20-5-3-2-4-6-20)22-12-24(17-28-15-22)25(30)29-9-7-21(8-10-29)23-11-19(13-26)14-27-16-23;;;/h2-6,11-12,14-18,21H,7-10,13,26H2,1H3;3*1H. The van der Waals surface area contributed by atoms with E-state index in [0.29, 0.717) is 18.0 Å². The molecular weight excluding hydrogens is 479 g/mol. The van der Waals surface area contributed by atoms with E-state index in [9.17, 15) is 4.79 Å². The maximum absolute atomic E-state index is 13.1. The lowest BCUT2D eigenvalue weighted by Crippen LogP contribution is -2.38. The summed E-state index contributed by atoms with van der Waals surface area (Å²) < 4.78 is 0. The minimum atomic E-state index is 0. The summed E-state index contributed by atoms with van der Waals surface area (Å²) in [5.74, 6) is 0.687. The lowest BCUT2D eigenvalue weighted by Gasteiger charge is -2.32. The molecule has 2 N–H and O–H groups in total. The fourth-order valence-corrected chi connectivity index (χ4v) is 4.19. The highest BCUT2D eigenvalue weighted by Crippen LogP contribution is 2.29. The molecule has 2 aromatic heterocycles. The van der Waals surface area contributed by atoms with Gasteiger partial charge in [-0.05, 0) is 47.1 Å². The molecule has 0 saturated carbocycles. The lowest BCUT2D eigenvalue weighted by atomic mass is 9.89. The zero-order valence-corrected chi connectivity index (χ0v) is 21.0. The second-order valence-electron chi connectivity index (χ2n) is 8.04. The van der Waals surface area contributed by atoms with Crippen LogP contribution in [0.25, 0.3) is 0 Å². The molecule has 0 radical (unpaired) electrons. The molecule has 3 heterocycles. The molecule has 1 aromatic carbocycles. The second kappa shape index (κ2) is 13.5. The molecule has 0 aliphatic carbocycles. The van der Waals surface area contributed by atoms with Gasteiger partial charge in [-0.2, -0.15) is 0 Å². The number of benzene rings is 1. The van der Waals surface area contributed by atoms with Gasteiger partial charge >= 0.3 is 0 Å². The summed E-state index contributed by atoms with van der Waals surface area (Å²) >= 11 is 0. The monoisotopic (exact) mass is 508 g/mol. The van der Waals surface area contributed by atoms with Gasteiger partial charge in [0.25, 0.3) is 5.91 Å². The van der Waals surface area contributed by atoms with E-state index in [4.69, 9.17) is 5.73 Å². The number of aromatic nitrogens is 2. The van der Waals surface area contributed by atoms with E-state index in [1.54, 1.807) is 6.20 Å². The quantitative estimate of drug-likeness (QED) is 0.502. The fourth-order valence-electron chi connectivity index (χ4n) is 4.19. The molecule has 1 saturated heterocycles. The topological polar surface area (TPSA) is 72.1 Å². The van der Waals surface area contributed by atoms with Gasteiger partial charge in [0.2, 0.25) is 0 Å². The molecule has 1 amide bonds. The van der Waals surface area contributed by atoms with Crippen LogP contribution in [0.15, 0.2) is 67.3 Å². The molecule has 4 rings (SSSR count). The van der Waals surface area contributed by atoms with E-state index >= 15 is 0 Å². The first-order chi connectivity index (χ1) is 14.7. The molecule has 0 spiro atoms. The van der Waals surface area contributed by atoms with E-state index in [0.717, 1.165) is 37.1 Å². The number of likely N-dealkylation sites (tertiary alicyclic amines) is 1. The van der Waals surface area contributed by atoms with Crippen molar-refractivity contribution in [3.05, 3.63) is 95.1 Å². The Kier molecular flexibility index (Phi) is 11.8. The Bertz CT molecular complexity index is 1010. The lowest BCUT2D eigenvalue weighted by molar-refractivity contribution is 0.0712. The van der Waals surface area contributed by atoms with Crippen molar-refractivity contribution in [1.82, 2.24) is 14.9 Å². The molecule has 3 aromatic rings. The van der Waals surface area contributed by atoms with Crippen molar-refractivity contribution < 1.29 is 4.79 Å². The Balaban J connectivity index is 0.00000181. The van der Waals surface area contributed by atoms with Crippen LogP contribution in [0, 0.1) is 0 Å². The highest BCUT2D eigenvalue weighted by atomic mass is 35.5. The highest BCUT2D eigenvalue weighted by molar-refractivity contribution is 5.94. The summed E-state index contributed by atoms with van der Waals surface area (Å²) in [6.07, 6.45) is 9.17. The molecule has 5 nitrogen and oxygen atoms in total. The molecule has 1 fully saturated rings. The van der Waals surface area contributed by atoms with Crippen molar-refractivity contribution in [2.24, 2.45) is 5.73 Å². The largest absolute Gasteiger partial charge is 0.339 e. The predicted molar refractivity (Wildman–Crippen MR) is 140 cm³/mol. The fraction of sp³-hybridized carbons (Fsp3) is 0.320. The number of hydrogen-bond acceptors (Lipinski definition) is 4. The average Bonchev–Trinajstić information content (AvgIpc) is 2.84. The van der Waals surface area contributed by atoms with Crippen LogP contribution in [0.1, 0.15) is 64.2 Å². The van der Waals surface area contributed by atoms with Crippen LogP contribution in [0.2, 0.25) is 0 Å². The average molecular weight is 510 g/mol. The zero-order valence-electron chi connectivity index (χ0n) is 18.6. The summed E-state index contributed by atoms with van der Waals surface area (Å²) in [7, 11) is 0. The number of halogens is 3. The van der Waals surface area contributed by atoms with E-state index in [-0.39, 0.29) is 49.0 Å². The number of carbonyl (C=O) groups is 1. The molecule has 8 heteroatoms. The van der Waals surface area contributed by atoms with Crippen LogP contribution < -0.4 is 5.73 Å². The van der Waals surface area contributed by atoms with Crippen LogP contribution in [-0.4, -0.2) is 33.9 Å². The predicted octanol–water partition coefficient (Wildman–Crippen LogP) is 5.37. The first-order valence-electron chi connectivity index (χ1n) is 10.6. The first kappa shape index (κ1) is 28.9. The van der Waals surface area contributed by atoms with E-state index in [2.05, 4.69) is 35.1 Å². The summed E-state index contributed by atoms with van der Waals surface area (Å²) in [5.41, 5.74) is 11.0. The molecule has 178 valence electrons. The van der Waals surface area contributed by atoms with Crippen molar-refractivity contribution in [3.63, 3.8) is 0 Å². The van der Waals surface area contributed by atoms with E-state index in [1.807, 2.05) is 47.8 Å². The van der Waals surface area contributed by atoms with E-state index in [1.165, 1.54) is 11.1 Å². The van der Waals surface area contributed by atoms with Gasteiger partial charge in [0.15, 0.2) is 0 Å². The van der Waals surface area contributed by atoms with Gasteiger partial charge in [-0.25, -0.2) is 0 Å². The number of hydrogen-bond donors (Lipinski definition) is 1. The van der Waals surface area contributed by atoms with Crippen LogP contribution >= 0.6 is 37.2 Å². The van der Waals surface area contributed by atoms with Crippen molar-refractivity contribution in [3.8, 4) is 0 Å². The van der Waals surface area contributed by atoms with Gasteiger partial charge in [0.1, 0.15) is 0 Å². The Morgan fingerprint density at radius 3 is 2.30 bits per heavy atom. The number of pyridine rings is 2. The molecule has 1 atom stereocenters. The Morgan fingerprint density at radius 1 is 0.970 bits per heavy atom. The summed E-state index contributed by atoms with van der Waals surface area (Å²) in [6, 6.07) is 14.5. The minimum absolute atomic E-state index is 0. The van der Waals surface area contributed by atoms with Gasteiger partial charge in [-0.1, -0.05) is 43.3 Å². The van der Waals surface area contributed by atoms with Crippen molar-refractivity contribution >= 4 is 43.1 Å². The van der Waals surface area contributed by atoms with Crippen LogP contribution in [0.3, 0.4) is 0 Å². The van der Waals surface area contributed by atoms with Gasteiger partial charge < -0.3 is 10.6 Å². The third-order valence-corrected chi connectivity index (χ3v) is 6.11. The molecule has 1 aliphatic heterocycles. The highest BCUT2D eigenvalue weighted by Gasteiger charge is 2.25. The smallest absolute Gasteiger partial charge is 0.255 e. The number of nitrogens with zero attached hydrogens (tertiary/aromatic N) is 3. The van der Waals surface area contributed by atoms with E-state index < -0.39 is 0 Å². The Morgan fingerprint density at radius 2 is 1.64 bits per heavy atom. The molecule has 1 aliphatic rings. The van der Waals surface area contributed by atoms with Crippen molar-refractivity contribution in [2.75, 3.05) is 13.1 Å². The maximum atomic E-state index is 13.1. The number of piperidine rings is 1. The first-order valence-corrected chi connectivity index (χ1v) is 10.6. The van der Waals surface area contributed by atoms with Gasteiger partial charge in [0, 0.05) is 50.3 Å². The number of rotatable bonds is 5. The molecule has 0 bridgehead atoms. The normalized spacial score (nSPS) is 14.3. The number of amides is 1. The SMILES string of the molecule is CC(c1ccccc1)c1cncc(C(=O)N2CCC(c3cncc(CN)c3)CC2)c1.Cl.Cl.Cl. The van der Waals surface area contributed by atoms with Crippen molar-refractivity contribution in [1.29, 1.82) is 0 Å². The van der Waals surface area contributed by atoms with Crippen LogP contribution in [0.4, 0.5) is 0 Å². The molecule has 1 unspecified atom stereocenters. The van der Waals surface area contributed by atoms with Gasteiger partial charge in [0.05, 0.1) is 5.56 Å². The van der Waals surface area contributed by atoms with Crippen molar-refractivity contribution in [2.45, 2.75) is 38.1 Å².